The first-order valence-corrected chi connectivity index (χ1v) is 12.0. The number of hydrogen-bond donors (Lipinski definition) is 1. The van der Waals surface area contributed by atoms with Crippen molar-refractivity contribution in [2.75, 3.05) is 33.2 Å². The van der Waals surface area contributed by atoms with Gasteiger partial charge in [-0.15, -0.1) is 0 Å². The highest BCUT2D eigenvalue weighted by molar-refractivity contribution is 5.93. The molecule has 0 bridgehead atoms. The van der Waals surface area contributed by atoms with Crippen LogP contribution in [0.2, 0.25) is 0 Å². The van der Waals surface area contributed by atoms with E-state index in [1.54, 1.807) is 57.1 Å². The molecule has 4 rings (SSSR count). The lowest BCUT2D eigenvalue weighted by Crippen LogP contribution is -2.37. The maximum Gasteiger partial charge on any atom is 0.246 e. The Hall–Kier alpha value is -4.73. The first kappa shape index (κ1) is 26.3. The van der Waals surface area contributed by atoms with Crippen LogP contribution in [0.4, 0.5) is 5.95 Å². The molecule has 0 saturated carbocycles. The normalized spacial score (nSPS) is 10.6. The average Bonchev–Trinajstić information content (AvgIpc) is 3.62. The van der Waals surface area contributed by atoms with Crippen LogP contribution in [0, 0.1) is 0 Å². The summed E-state index contributed by atoms with van der Waals surface area (Å²) in [6.45, 7) is 1.78. The Morgan fingerprint density at radius 3 is 2.39 bits per heavy atom. The standard InChI is InChI=1S/C28H30N4O6/c1-5-27(34)31(16-22-7-6-14-38-22)18-26(33)30-28-29-23(19-8-11-21(35-2)12-9-19)17-32(28)20-10-13-24(36-3)25(15-20)37-4/h6-15,17H,5,16,18H2,1-4H3,(H,29,30,33). The minimum atomic E-state index is -0.396. The second kappa shape index (κ2) is 12.0. The number of carbonyl (C=O) groups is 2. The lowest BCUT2D eigenvalue weighted by Gasteiger charge is -2.20. The first-order chi connectivity index (χ1) is 18.4. The second-order valence-electron chi connectivity index (χ2n) is 8.32. The van der Waals surface area contributed by atoms with Crippen molar-refractivity contribution in [3.8, 4) is 34.2 Å². The van der Waals surface area contributed by atoms with Gasteiger partial charge in [0.1, 0.15) is 18.1 Å². The number of nitrogens with one attached hydrogen (secondary N) is 1. The van der Waals surface area contributed by atoms with Crippen LogP contribution in [-0.2, 0) is 16.1 Å². The molecule has 2 heterocycles. The molecule has 38 heavy (non-hydrogen) atoms. The van der Waals surface area contributed by atoms with Crippen LogP contribution in [0.1, 0.15) is 19.1 Å². The highest BCUT2D eigenvalue weighted by Crippen LogP contribution is 2.32. The van der Waals surface area contributed by atoms with E-state index in [4.69, 9.17) is 23.6 Å². The Bertz CT molecular complexity index is 1380. The number of nitrogens with zero attached hydrogens (tertiary/aromatic N) is 3. The number of imidazole rings is 1. The Morgan fingerprint density at radius 2 is 1.76 bits per heavy atom. The van der Waals surface area contributed by atoms with Gasteiger partial charge in [0.15, 0.2) is 11.5 Å². The van der Waals surface area contributed by atoms with Crippen molar-refractivity contribution in [3.05, 3.63) is 72.8 Å². The molecule has 0 unspecified atom stereocenters. The molecule has 10 heteroatoms. The van der Waals surface area contributed by atoms with Gasteiger partial charge >= 0.3 is 0 Å². The van der Waals surface area contributed by atoms with Crippen molar-refractivity contribution < 1.29 is 28.2 Å². The summed E-state index contributed by atoms with van der Waals surface area (Å²) in [4.78, 5) is 31.8. The van der Waals surface area contributed by atoms with Gasteiger partial charge < -0.3 is 23.5 Å². The molecule has 2 aromatic heterocycles. The van der Waals surface area contributed by atoms with Crippen molar-refractivity contribution in [1.82, 2.24) is 14.5 Å². The largest absolute Gasteiger partial charge is 0.497 e. The van der Waals surface area contributed by atoms with Gasteiger partial charge in [-0.1, -0.05) is 6.92 Å². The summed E-state index contributed by atoms with van der Waals surface area (Å²) in [6, 6.07) is 16.4. The topological polar surface area (TPSA) is 108 Å². The number of ether oxygens (including phenoxy) is 3. The van der Waals surface area contributed by atoms with Crippen molar-refractivity contribution in [3.63, 3.8) is 0 Å². The van der Waals surface area contributed by atoms with Crippen molar-refractivity contribution in [2.45, 2.75) is 19.9 Å². The number of methoxy groups -OCH3 is 3. The van der Waals surface area contributed by atoms with E-state index < -0.39 is 5.91 Å². The summed E-state index contributed by atoms with van der Waals surface area (Å²) >= 11 is 0. The Labute approximate surface area is 220 Å². The molecule has 0 saturated heterocycles. The van der Waals surface area contributed by atoms with Crippen LogP contribution in [0.5, 0.6) is 17.2 Å². The minimum Gasteiger partial charge on any atom is -0.497 e. The summed E-state index contributed by atoms with van der Waals surface area (Å²) in [5.74, 6) is 2.14. The van der Waals surface area contributed by atoms with Gasteiger partial charge in [-0.3, -0.25) is 19.5 Å². The summed E-state index contributed by atoms with van der Waals surface area (Å²) in [5.41, 5.74) is 2.17. The van der Waals surface area contributed by atoms with E-state index in [-0.39, 0.29) is 31.4 Å². The molecular weight excluding hydrogens is 488 g/mol. The molecule has 0 atom stereocenters. The molecule has 10 nitrogen and oxygen atoms in total. The molecule has 4 aromatic rings. The third kappa shape index (κ3) is 5.97. The van der Waals surface area contributed by atoms with Gasteiger partial charge in [0, 0.05) is 24.2 Å². The van der Waals surface area contributed by atoms with Crippen molar-refractivity contribution in [2.24, 2.45) is 0 Å². The summed E-state index contributed by atoms with van der Waals surface area (Å²) in [6.07, 6.45) is 3.61. The van der Waals surface area contributed by atoms with Gasteiger partial charge in [-0.2, -0.15) is 0 Å². The molecule has 0 aliphatic carbocycles. The van der Waals surface area contributed by atoms with E-state index in [0.717, 1.165) is 11.3 Å². The zero-order valence-electron chi connectivity index (χ0n) is 21.8. The maximum absolute atomic E-state index is 13.2. The molecule has 2 amide bonds. The van der Waals surface area contributed by atoms with Crippen molar-refractivity contribution in [1.29, 1.82) is 0 Å². The summed E-state index contributed by atoms with van der Waals surface area (Å²) in [7, 11) is 4.72. The Morgan fingerprint density at radius 1 is 1.00 bits per heavy atom. The fraction of sp³-hybridized carbons (Fsp3) is 0.250. The highest BCUT2D eigenvalue weighted by atomic mass is 16.5. The van der Waals surface area contributed by atoms with Crippen LogP contribution in [0.25, 0.3) is 16.9 Å². The van der Waals surface area contributed by atoms with E-state index in [9.17, 15) is 9.59 Å². The fourth-order valence-electron chi connectivity index (χ4n) is 3.92. The fourth-order valence-corrected chi connectivity index (χ4v) is 3.92. The molecule has 0 aliphatic heterocycles. The smallest absolute Gasteiger partial charge is 0.246 e. The third-order valence-corrected chi connectivity index (χ3v) is 5.90. The van der Waals surface area contributed by atoms with Gasteiger partial charge in [0.05, 0.1) is 45.5 Å². The van der Waals surface area contributed by atoms with Crippen molar-refractivity contribution >= 4 is 17.8 Å². The predicted molar refractivity (Wildman–Crippen MR) is 142 cm³/mol. The second-order valence-corrected chi connectivity index (χ2v) is 8.32. The zero-order chi connectivity index (χ0) is 27.1. The molecule has 0 fully saturated rings. The molecule has 198 valence electrons. The van der Waals surface area contributed by atoms with Gasteiger partial charge in [-0.05, 0) is 48.5 Å². The Balaban J connectivity index is 1.66. The number of amides is 2. The lowest BCUT2D eigenvalue weighted by atomic mass is 10.1. The zero-order valence-corrected chi connectivity index (χ0v) is 21.8. The van der Waals surface area contributed by atoms with Gasteiger partial charge in [-0.25, -0.2) is 4.98 Å². The Kier molecular flexibility index (Phi) is 8.32. The quantitative estimate of drug-likeness (QED) is 0.311. The van der Waals surface area contributed by atoms with Gasteiger partial charge in [0.25, 0.3) is 0 Å². The predicted octanol–water partition coefficient (Wildman–Crippen LogP) is 4.54. The van der Waals surface area contributed by atoms with E-state index >= 15 is 0 Å². The maximum atomic E-state index is 13.2. The summed E-state index contributed by atoms with van der Waals surface area (Å²) < 4.78 is 23.2. The first-order valence-electron chi connectivity index (χ1n) is 12.0. The van der Waals surface area contributed by atoms with E-state index in [1.165, 1.54) is 11.2 Å². The molecule has 0 radical (unpaired) electrons. The summed E-state index contributed by atoms with van der Waals surface area (Å²) in [5, 5.41) is 2.87. The number of hydrogen-bond acceptors (Lipinski definition) is 7. The molecule has 1 N–H and O–H groups in total. The average molecular weight is 519 g/mol. The van der Waals surface area contributed by atoms with Crippen LogP contribution >= 0.6 is 0 Å². The van der Waals surface area contributed by atoms with E-state index in [2.05, 4.69) is 5.32 Å². The van der Waals surface area contributed by atoms with Crippen LogP contribution in [0.15, 0.2) is 71.5 Å². The van der Waals surface area contributed by atoms with Crippen LogP contribution in [0.3, 0.4) is 0 Å². The molecule has 2 aromatic carbocycles. The van der Waals surface area contributed by atoms with E-state index in [0.29, 0.717) is 28.6 Å². The van der Waals surface area contributed by atoms with Crippen LogP contribution < -0.4 is 19.5 Å². The van der Waals surface area contributed by atoms with E-state index in [1.807, 2.05) is 36.5 Å². The molecular formula is C28H30N4O6. The number of rotatable bonds is 11. The SMILES string of the molecule is CCC(=O)N(CC(=O)Nc1nc(-c2ccc(OC)cc2)cn1-c1ccc(OC)c(OC)c1)Cc1ccco1. The number of anilines is 1. The lowest BCUT2D eigenvalue weighted by molar-refractivity contribution is -0.135. The number of benzene rings is 2. The number of aromatic nitrogens is 2. The molecule has 0 aliphatic rings. The minimum absolute atomic E-state index is 0.163. The molecule has 0 spiro atoms. The number of carbonyl (C=O) groups excluding carboxylic acids is 2. The highest BCUT2D eigenvalue weighted by Gasteiger charge is 2.20. The monoisotopic (exact) mass is 518 g/mol. The third-order valence-electron chi connectivity index (χ3n) is 5.90. The number of furan rings is 1. The van der Waals surface area contributed by atoms with Gasteiger partial charge in [0.2, 0.25) is 17.8 Å². The van der Waals surface area contributed by atoms with Crippen LogP contribution in [-0.4, -0.2) is 54.1 Å².